The first-order chi connectivity index (χ1) is 16.1. The third-order valence-electron chi connectivity index (χ3n) is 6.29. The van der Waals surface area contributed by atoms with E-state index in [2.05, 4.69) is 10.6 Å². The first-order valence-corrected chi connectivity index (χ1v) is 11.1. The molecule has 0 saturated heterocycles. The number of hydrogen-bond acceptors (Lipinski definition) is 4. The van der Waals surface area contributed by atoms with E-state index in [-0.39, 0.29) is 36.9 Å². The second-order valence-electron chi connectivity index (χ2n) is 8.40. The Hall–Kier alpha value is -3.87. The normalized spacial score (nSPS) is 17.1. The van der Waals surface area contributed by atoms with E-state index in [1.807, 2.05) is 48.5 Å². The Morgan fingerprint density at radius 1 is 1.00 bits per heavy atom. The van der Waals surface area contributed by atoms with Crippen LogP contribution < -0.4 is 15.4 Å². The fourth-order valence-electron chi connectivity index (χ4n) is 4.54. The molecule has 3 aromatic carbocycles. The summed E-state index contributed by atoms with van der Waals surface area (Å²) in [5.41, 5.74) is 2.15. The molecular weight excluding hydrogens is 418 g/mol. The number of carbonyl (C=O) groups excluding carboxylic acids is 3. The average Bonchev–Trinajstić information content (AvgIpc) is 3.64. The highest BCUT2D eigenvalue weighted by atomic mass is 16.5. The fraction of sp³-hybridized carbons (Fsp3) is 0.269. The van der Waals surface area contributed by atoms with E-state index in [1.54, 1.807) is 24.1 Å². The molecule has 33 heavy (non-hydrogen) atoms. The van der Waals surface area contributed by atoms with Gasteiger partial charge in [0.1, 0.15) is 11.8 Å². The largest absolute Gasteiger partial charge is 0.496 e. The number of hydrogen-bond donors (Lipinski definition) is 2. The topological polar surface area (TPSA) is 87.7 Å². The van der Waals surface area contributed by atoms with Gasteiger partial charge in [0.05, 0.1) is 13.7 Å². The first kappa shape index (κ1) is 21.0. The Kier molecular flexibility index (Phi) is 5.46. The Morgan fingerprint density at radius 2 is 1.76 bits per heavy atom. The molecule has 1 aliphatic carbocycles. The second-order valence-corrected chi connectivity index (χ2v) is 8.40. The molecule has 1 unspecified atom stereocenters. The summed E-state index contributed by atoms with van der Waals surface area (Å²) in [6.45, 7) is 0.107. The smallest absolute Gasteiger partial charge is 0.255 e. The van der Waals surface area contributed by atoms with E-state index in [1.165, 1.54) is 0 Å². The van der Waals surface area contributed by atoms with Crippen LogP contribution in [0.1, 0.15) is 40.4 Å². The minimum Gasteiger partial charge on any atom is -0.496 e. The van der Waals surface area contributed by atoms with Crippen molar-refractivity contribution in [1.29, 1.82) is 0 Å². The summed E-state index contributed by atoms with van der Waals surface area (Å²) in [5.74, 6) is -0.0630. The molecule has 3 amide bonds. The molecule has 1 saturated carbocycles. The molecular formula is C26H25N3O4. The van der Waals surface area contributed by atoms with Gasteiger partial charge in [0.2, 0.25) is 11.8 Å². The van der Waals surface area contributed by atoms with E-state index in [4.69, 9.17) is 4.74 Å². The summed E-state index contributed by atoms with van der Waals surface area (Å²) in [4.78, 5) is 40.1. The summed E-state index contributed by atoms with van der Waals surface area (Å²) in [6.07, 6.45) is 1.80. The molecule has 0 aromatic heterocycles. The molecule has 1 atom stereocenters. The lowest BCUT2D eigenvalue weighted by molar-refractivity contribution is -0.129. The average molecular weight is 444 g/mol. The maximum Gasteiger partial charge on any atom is 0.255 e. The Balaban J connectivity index is 1.25. The summed E-state index contributed by atoms with van der Waals surface area (Å²) < 4.78 is 5.48. The number of carbonyl (C=O) groups is 3. The highest BCUT2D eigenvalue weighted by molar-refractivity contribution is 6.05. The number of benzene rings is 3. The third-order valence-corrected chi connectivity index (χ3v) is 6.29. The second kappa shape index (κ2) is 8.58. The summed E-state index contributed by atoms with van der Waals surface area (Å²) in [6, 6.07) is 18.4. The summed E-state index contributed by atoms with van der Waals surface area (Å²) in [5, 5.41) is 7.65. The highest BCUT2D eigenvalue weighted by Gasteiger charge is 2.47. The van der Waals surface area contributed by atoms with Crippen LogP contribution in [0.25, 0.3) is 10.8 Å². The van der Waals surface area contributed by atoms with Crippen molar-refractivity contribution in [2.24, 2.45) is 0 Å². The zero-order valence-electron chi connectivity index (χ0n) is 18.3. The van der Waals surface area contributed by atoms with Crippen molar-refractivity contribution >= 4 is 28.5 Å². The number of fused-ring (bicyclic) bond motifs is 2. The Morgan fingerprint density at radius 3 is 2.55 bits per heavy atom. The predicted octanol–water partition coefficient (Wildman–Crippen LogP) is 2.94. The monoisotopic (exact) mass is 443 g/mol. The van der Waals surface area contributed by atoms with Gasteiger partial charge in [-0.2, -0.15) is 0 Å². The van der Waals surface area contributed by atoms with Crippen LogP contribution in [0.4, 0.5) is 0 Å². The van der Waals surface area contributed by atoms with Crippen molar-refractivity contribution in [2.45, 2.75) is 31.5 Å². The zero-order valence-corrected chi connectivity index (χ0v) is 18.3. The van der Waals surface area contributed by atoms with Gasteiger partial charge in [-0.15, -0.1) is 0 Å². The van der Waals surface area contributed by atoms with Crippen molar-refractivity contribution in [3.63, 3.8) is 0 Å². The molecule has 168 valence electrons. The predicted molar refractivity (Wildman–Crippen MR) is 124 cm³/mol. The molecule has 1 heterocycles. The van der Waals surface area contributed by atoms with Crippen molar-refractivity contribution in [3.05, 3.63) is 77.4 Å². The minimum atomic E-state index is -0.688. The molecule has 1 fully saturated rings. The number of rotatable bonds is 7. The van der Waals surface area contributed by atoms with Gasteiger partial charge in [0.25, 0.3) is 5.91 Å². The Bertz CT molecular complexity index is 1250. The van der Waals surface area contributed by atoms with E-state index >= 15 is 0 Å². The van der Waals surface area contributed by atoms with Crippen molar-refractivity contribution in [3.8, 4) is 5.75 Å². The molecule has 3 aromatic rings. The molecule has 7 nitrogen and oxygen atoms in total. The van der Waals surface area contributed by atoms with Gasteiger partial charge in [-0.1, -0.05) is 48.5 Å². The van der Waals surface area contributed by atoms with Crippen molar-refractivity contribution in [1.82, 2.24) is 15.5 Å². The minimum absolute atomic E-state index is 0.0910. The molecule has 2 N–H and O–H groups in total. The van der Waals surface area contributed by atoms with Gasteiger partial charge in [-0.3, -0.25) is 14.4 Å². The molecule has 0 bridgehead atoms. The standard InChI is InChI=1S/C26H25N3O4/c1-33-22-13-10-16-6-2-3-7-18(16)21(22)14-27-23(30)15-28-25(31)24-19-8-4-5-9-20(19)26(32)29(24)17-11-12-17/h2-10,13,17,24H,11-12,14-15H2,1H3,(H,27,30)(H,28,31). The number of amides is 3. The quantitative estimate of drug-likeness (QED) is 0.588. The van der Waals surface area contributed by atoms with Crippen LogP contribution in [0.2, 0.25) is 0 Å². The molecule has 1 aliphatic heterocycles. The number of methoxy groups -OCH3 is 1. The number of ether oxygens (including phenoxy) is 1. The lowest BCUT2D eigenvalue weighted by Crippen LogP contribution is -2.43. The van der Waals surface area contributed by atoms with E-state index in [0.717, 1.165) is 29.2 Å². The van der Waals surface area contributed by atoms with Crippen molar-refractivity contribution in [2.75, 3.05) is 13.7 Å². The molecule has 7 heteroatoms. The van der Waals surface area contributed by atoms with E-state index in [9.17, 15) is 14.4 Å². The Labute approximate surface area is 191 Å². The van der Waals surface area contributed by atoms with Crippen LogP contribution in [-0.4, -0.2) is 42.3 Å². The van der Waals surface area contributed by atoms with Gasteiger partial charge in [0.15, 0.2) is 0 Å². The maximum atomic E-state index is 13.0. The highest BCUT2D eigenvalue weighted by Crippen LogP contribution is 2.41. The van der Waals surface area contributed by atoms with E-state index < -0.39 is 6.04 Å². The summed E-state index contributed by atoms with van der Waals surface area (Å²) >= 11 is 0. The number of nitrogens with one attached hydrogen (secondary N) is 2. The molecule has 5 rings (SSSR count). The zero-order chi connectivity index (χ0) is 22.9. The maximum absolute atomic E-state index is 13.0. The van der Waals surface area contributed by atoms with Crippen LogP contribution in [0.5, 0.6) is 5.75 Å². The van der Waals surface area contributed by atoms with Crippen LogP contribution >= 0.6 is 0 Å². The van der Waals surface area contributed by atoms with Gasteiger partial charge in [-0.25, -0.2) is 0 Å². The van der Waals surface area contributed by atoms with Crippen LogP contribution in [0, 0.1) is 0 Å². The van der Waals surface area contributed by atoms with Crippen LogP contribution in [0.15, 0.2) is 60.7 Å². The molecule has 2 aliphatic rings. The SMILES string of the molecule is COc1ccc2ccccc2c1CNC(=O)CNC(=O)C1c2ccccc2C(=O)N1C1CC1. The van der Waals surface area contributed by atoms with Gasteiger partial charge in [-0.05, 0) is 41.3 Å². The van der Waals surface area contributed by atoms with Gasteiger partial charge in [0, 0.05) is 23.7 Å². The summed E-state index contributed by atoms with van der Waals surface area (Å²) in [7, 11) is 1.60. The van der Waals surface area contributed by atoms with E-state index in [0.29, 0.717) is 16.9 Å². The third kappa shape index (κ3) is 3.91. The van der Waals surface area contributed by atoms with Gasteiger partial charge >= 0.3 is 0 Å². The fourth-order valence-corrected chi connectivity index (χ4v) is 4.54. The molecule has 0 spiro atoms. The van der Waals surface area contributed by atoms with Crippen LogP contribution in [0.3, 0.4) is 0 Å². The number of nitrogens with zero attached hydrogens (tertiary/aromatic N) is 1. The first-order valence-electron chi connectivity index (χ1n) is 11.1. The van der Waals surface area contributed by atoms with Crippen molar-refractivity contribution < 1.29 is 19.1 Å². The molecule has 0 radical (unpaired) electrons. The van der Waals surface area contributed by atoms with Crippen LogP contribution in [-0.2, 0) is 16.1 Å². The lowest BCUT2D eigenvalue weighted by Gasteiger charge is -2.24. The van der Waals surface area contributed by atoms with Gasteiger partial charge < -0.3 is 20.3 Å². The lowest BCUT2D eigenvalue weighted by atomic mass is 10.0.